The van der Waals surface area contributed by atoms with Crippen molar-refractivity contribution in [1.82, 2.24) is 14.9 Å². The van der Waals surface area contributed by atoms with Gasteiger partial charge in [0.2, 0.25) is 5.91 Å². The third-order valence-electron chi connectivity index (χ3n) is 8.12. The molecule has 2 atom stereocenters. The molecular formula is C34H35F3N4O5. The molecule has 0 bridgehead atoms. The number of carboxylic acid groups (broad SMARTS) is 1. The first kappa shape index (κ1) is 32.5. The lowest BCUT2D eigenvalue weighted by atomic mass is 9.80. The van der Waals surface area contributed by atoms with Crippen LogP contribution < -0.4 is 14.8 Å². The van der Waals surface area contributed by atoms with Crippen LogP contribution in [0.15, 0.2) is 67.0 Å². The Morgan fingerprint density at radius 2 is 1.70 bits per heavy atom. The van der Waals surface area contributed by atoms with Crippen LogP contribution in [0, 0.1) is 11.3 Å². The summed E-state index contributed by atoms with van der Waals surface area (Å²) in [7, 11) is 1.54. The van der Waals surface area contributed by atoms with E-state index >= 15 is 0 Å². The molecule has 2 N–H and O–H groups in total. The van der Waals surface area contributed by atoms with E-state index in [0.29, 0.717) is 53.5 Å². The van der Waals surface area contributed by atoms with Crippen LogP contribution in [0.5, 0.6) is 11.5 Å². The summed E-state index contributed by atoms with van der Waals surface area (Å²) in [5.41, 5.74) is 1.98. The molecule has 4 aromatic rings. The maximum atomic E-state index is 12.8. The molecule has 1 fully saturated rings. The number of hydrogen-bond acceptors (Lipinski definition) is 6. The lowest BCUT2D eigenvalue weighted by Crippen LogP contribution is -2.46. The summed E-state index contributed by atoms with van der Waals surface area (Å²) in [5, 5.41) is 13.2. The van der Waals surface area contributed by atoms with Gasteiger partial charge in [-0.15, -0.1) is 0 Å². The number of nitrogens with one attached hydrogen (secondary N) is 1. The maximum Gasteiger partial charge on any atom is 0.416 e. The summed E-state index contributed by atoms with van der Waals surface area (Å²) < 4.78 is 50.3. The highest BCUT2D eigenvalue weighted by Gasteiger charge is 2.44. The van der Waals surface area contributed by atoms with E-state index in [0.717, 1.165) is 23.1 Å². The number of carbonyl (C=O) groups is 2. The minimum atomic E-state index is -4.43. The van der Waals surface area contributed by atoms with E-state index in [1.165, 1.54) is 23.4 Å². The second kappa shape index (κ2) is 12.9. The lowest BCUT2D eigenvalue weighted by molar-refractivity contribution is -0.137. The molecule has 0 saturated carbocycles. The Labute approximate surface area is 264 Å². The second-order valence-corrected chi connectivity index (χ2v) is 12.4. The van der Waals surface area contributed by atoms with Gasteiger partial charge in [0, 0.05) is 41.2 Å². The first-order valence-electron chi connectivity index (χ1n) is 14.8. The summed E-state index contributed by atoms with van der Waals surface area (Å²) in [4.78, 5) is 34.8. The van der Waals surface area contributed by atoms with Gasteiger partial charge in [-0.25, -0.2) is 14.8 Å². The molecule has 3 aromatic carbocycles. The molecule has 1 aliphatic heterocycles. The van der Waals surface area contributed by atoms with Crippen LogP contribution in [0.1, 0.15) is 38.3 Å². The number of methoxy groups -OCH3 is 1. The van der Waals surface area contributed by atoms with Gasteiger partial charge in [0.1, 0.15) is 6.33 Å². The summed E-state index contributed by atoms with van der Waals surface area (Å²) in [6, 6.07) is 14.9. The van der Waals surface area contributed by atoms with E-state index in [1.807, 2.05) is 20.8 Å². The van der Waals surface area contributed by atoms with E-state index in [4.69, 9.17) is 9.47 Å². The number of fused-ring (bicyclic) bond motifs is 1. The van der Waals surface area contributed by atoms with Crippen molar-refractivity contribution in [3.05, 3.63) is 78.1 Å². The van der Waals surface area contributed by atoms with E-state index < -0.39 is 17.8 Å². The Kier molecular flexibility index (Phi) is 9.09. The average molecular weight is 637 g/mol. The molecule has 1 aromatic heterocycles. The van der Waals surface area contributed by atoms with Crippen LogP contribution in [-0.2, 0) is 17.4 Å². The highest BCUT2D eigenvalue weighted by molar-refractivity contribution is 5.95. The van der Waals surface area contributed by atoms with Crippen LogP contribution in [-0.4, -0.2) is 58.3 Å². The minimum Gasteiger partial charge on any atom is -0.493 e. The molecule has 5 rings (SSSR count). The Hall–Kier alpha value is -4.87. The Bertz CT molecular complexity index is 1720. The van der Waals surface area contributed by atoms with Gasteiger partial charge < -0.3 is 24.8 Å². The number of alkyl halides is 3. The van der Waals surface area contributed by atoms with Crippen molar-refractivity contribution in [1.29, 1.82) is 0 Å². The zero-order chi connectivity index (χ0) is 33.2. The van der Waals surface area contributed by atoms with Gasteiger partial charge in [-0.05, 0) is 47.7 Å². The number of aromatic nitrogens is 2. The molecule has 0 aliphatic carbocycles. The molecule has 2 heterocycles. The summed E-state index contributed by atoms with van der Waals surface area (Å²) in [5.74, 6) is 0.619. The molecule has 242 valence electrons. The van der Waals surface area contributed by atoms with E-state index in [-0.39, 0.29) is 29.7 Å². The van der Waals surface area contributed by atoms with Crippen molar-refractivity contribution in [2.45, 2.75) is 45.8 Å². The number of anilines is 1. The molecule has 0 radical (unpaired) electrons. The third-order valence-corrected chi connectivity index (χ3v) is 8.12. The fourth-order valence-corrected chi connectivity index (χ4v) is 6.10. The summed E-state index contributed by atoms with van der Waals surface area (Å²) in [6.07, 6.45) is -3.29. The minimum absolute atomic E-state index is 0.00593. The van der Waals surface area contributed by atoms with E-state index in [9.17, 15) is 27.9 Å². The van der Waals surface area contributed by atoms with Crippen molar-refractivity contribution in [2.75, 3.05) is 25.6 Å². The molecule has 46 heavy (non-hydrogen) atoms. The highest BCUT2D eigenvalue weighted by Crippen LogP contribution is 2.40. The largest absolute Gasteiger partial charge is 0.493 e. The number of ether oxygens (including phenoxy) is 2. The zero-order valence-electron chi connectivity index (χ0n) is 25.9. The van der Waals surface area contributed by atoms with Gasteiger partial charge >= 0.3 is 12.3 Å². The average Bonchev–Trinajstić information content (AvgIpc) is 3.45. The predicted octanol–water partition coefficient (Wildman–Crippen LogP) is 7.30. The summed E-state index contributed by atoms with van der Waals surface area (Å²) in [6.45, 7) is 6.87. The number of likely N-dealkylation sites (tertiary alicyclic amines) is 1. The van der Waals surface area contributed by atoms with Crippen LogP contribution in [0.25, 0.3) is 22.2 Å². The van der Waals surface area contributed by atoms with Crippen molar-refractivity contribution in [3.63, 3.8) is 0 Å². The predicted molar refractivity (Wildman–Crippen MR) is 167 cm³/mol. The van der Waals surface area contributed by atoms with Crippen LogP contribution in [0.4, 0.5) is 23.7 Å². The van der Waals surface area contributed by atoms with Gasteiger partial charge in [-0.1, -0.05) is 45.0 Å². The van der Waals surface area contributed by atoms with Crippen molar-refractivity contribution in [2.24, 2.45) is 11.3 Å². The van der Waals surface area contributed by atoms with Crippen molar-refractivity contribution < 1.29 is 37.3 Å². The molecular weight excluding hydrogens is 601 g/mol. The number of carbonyl (C=O) groups excluding carboxylic acids is 1. The number of rotatable bonds is 8. The third kappa shape index (κ3) is 7.16. The molecule has 2 amide bonds. The Balaban J connectivity index is 1.30. The fraction of sp³-hybridized carbons (Fsp3) is 0.353. The van der Waals surface area contributed by atoms with Gasteiger partial charge in [0.25, 0.3) is 0 Å². The van der Waals surface area contributed by atoms with E-state index in [2.05, 4.69) is 15.3 Å². The molecule has 1 saturated heterocycles. The fourth-order valence-electron chi connectivity index (χ4n) is 6.10. The molecule has 12 heteroatoms. The Morgan fingerprint density at radius 1 is 1.00 bits per heavy atom. The van der Waals surface area contributed by atoms with E-state index in [1.54, 1.807) is 43.5 Å². The number of hydrogen-bond donors (Lipinski definition) is 2. The lowest BCUT2D eigenvalue weighted by Gasteiger charge is -2.37. The van der Waals surface area contributed by atoms with Gasteiger partial charge in [-0.2, -0.15) is 13.2 Å². The first-order valence-corrected chi connectivity index (χ1v) is 14.8. The molecule has 0 spiro atoms. The number of benzene rings is 3. The van der Waals surface area contributed by atoms with Crippen molar-refractivity contribution >= 4 is 28.6 Å². The summed E-state index contributed by atoms with van der Waals surface area (Å²) >= 11 is 0. The van der Waals surface area contributed by atoms with Crippen LogP contribution in [0.3, 0.4) is 0 Å². The zero-order valence-corrected chi connectivity index (χ0v) is 25.9. The second-order valence-electron chi connectivity index (χ2n) is 12.4. The normalized spacial score (nSPS) is 16.8. The molecule has 1 aliphatic rings. The first-order chi connectivity index (χ1) is 21.7. The van der Waals surface area contributed by atoms with Crippen LogP contribution >= 0.6 is 0 Å². The van der Waals surface area contributed by atoms with Crippen LogP contribution in [0.2, 0.25) is 0 Å². The standard InChI is InChI=1S/C34H35F3N4O5/c1-33(2,3)31-22(13-14-41(31)32(43)44)18-46-28-17-26-25(16-27(28)45-4)30(39-19-38-26)21-7-11-24(12-8-21)40-29(42)15-20-5-9-23(10-6-20)34(35,36)37/h5-12,16-17,19,22,31H,13-15,18H2,1-4H3,(H,40,42)(H,43,44). The molecule has 9 nitrogen and oxygen atoms in total. The number of amides is 2. The maximum absolute atomic E-state index is 12.8. The SMILES string of the molecule is COc1cc2c(-c3ccc(NC(=O)Cc4ccc(C(F)(F)F)cc4)cc3)ncnc2cc1OCC1CCN(C(=O)O)C1C(C)(C)C. The number of halogens is 3. The quantitative estimate of drug-likeness (QED) is 0.209. The molecule has 2 unspecified atom stereocenters. The Morgan fingerprint density at radius 3 is 2.30 bits per heavy atom. The number of nitrogens with zero attached hydrogens (tertiary/aromatic N) is 3. The van der Waals surface area contributed by atoms with Crippen molar-refractivity contribution in [3.8, 4) is 22.8 Å². The van der Waals surface area contributed by atoms with Gasteiger partial charge in [0.15, 0.2) is 11.5 Å². The monoisotopic (exact) mass is 636 g/mol. The van der Waals surface area contributed by atoms with Gasteiger partial charge in [-0.3, -0.25) is 4.79 Å². The van der Waals surface area contributed by atoms with Gasteiger partial charge in [0.05, 0.1) is 36.9 Å². The smallest absolute Gasteiger partial charge is 0.416 e. The highest BCUT2D eigenvalue weighted by atomic mass is 19.4. The topological polar surface area (TPSA) is 114 Å².